The molecule has 0 radical (unpaired) electrons. The number of hydrogen-bond acceptors (Lipinski definition) is 7. The molecule has 0 fully saturated rings. The van der Waals surface area contributed by atoms with E-state index in [1.54, 1.807) is 5.41 Å². The molecule has 0 aromatic carbocycles. The minimum absolute atomic E-state index is 0.237. The van der Waals surface area contributed by atoms with E-state index in [4.69, 9.17) is 4.42 Å². The van der Waals surface area contributed by atoms with E-state index in [2.05, 4.69) is 16.2 Å². The summed E-state index contributed by atoms with van der Waals surface area (Å²) in [6, 6.07) is 2.79. The van der Waals surface area contributed by atoms with Crippen LogP contribution in [0.2, 0.25) is 0 Å². The van der Waals surface area contributed by atoms with Crippen LogP contribution in [0.3, 0.4) is 0 Å². The number of nitro groups is 1. The first-order valence-corrected chi connectivity index (χ1v) is 5.46. The summed E-state index contributed by atoms with van der Waals surface area (Å²) < 4.78 is 5.02. The standard InChI is InChI=1S/C8H8N4O4S/c13-4-9-11-8-10-5(3-17-8)6-1-2-7(16-6)12(14)15/h1-4,8,10-11H,(H,9,13). The molecule has 0 bridgehead atoms. The van der Waals surface area contributed by atoms with Gasteiger partial charge in [-0.3, -0.25) is 20.3 Å². The largest absolute Gasteiger partial charge is 0.433 e. The maximum absolute atomic E-state index is 10.4. The number of carbonyl (C=O) groups is 1. The van der Waals surface area contributed by atoms with Gasteiger partial charge in [-0.2, -0.15) is 0 Å². The molecule has 2 heterocycles. The number of hydrogen-bond donors (Lipinski definition) is 3. The Morgan fingerprint density at radius 1 is 1.59 bits per heavy atom. The van der Waals surface area contributed by atoms with Crippen molar-refractivity contribution in [2.24, 2.45) is 0 Å². The second-order valence-corrected chi connectivity index (χ2v) is 3.97. The second kappa shape index (κ2) is 4.89. The van der Waals surface area contributed by atoms with Crippen molar-refractivity contribution >= 4 is 29.8 Å². The van der Waals surface area contributed by atoms with Crippen LogP contribution < -0.4 is 16.2 Å². The first-order valence-electron chi connectivity index (χ1n) is 4.52. The van der Waals surface area contributed by atoms with Crippen molar-refractivity contribution in [3.63, 3.8) is 0 Å². The maximum atomic E-state index is 10.4. The van der Waals surface area contributed by atoms with Gasteiger partial charge in [0.1, 0.15) is 10.4 Å². The predicted molar refractivity (Wildman–Crippen MR) is 60.2 cm³/mol. The first-order chi connectivity index (χ1) is 8.20. The van der Waals surface area contributed by atoms with Gasteiger partial charge in [0.2, 0.25) is 6.41 Å². The lowest BCUT2D eigenvalue weighted by Crippen LogP contribution is -2.43. The molecular weight excluding hydrogens is 248 g/mol. The number of carbonyl (C=O) groups excluding carboxylic acids is 1. The van der Waals surface area contributed by atoms with Gasteiger partial charge in [-0.05, 0) is 6.07 Å². The SMILES string of the molecule is O=CNNC1NC(c2ccc([N+](=O)[O-])o2)=CS1. The molecule has 1 aromatic rings. The number of furan rings is 1. The summed E-state index contributed by atoms with van der Waals surface area (Å²) in [5.41, 5.74) is 5.35. The van der Waals surface area contributed by atoms with E-state index >= 15 is 0 Å². The Kier molecular flexibility index (Phi) is 3.30. The molecule has 9 heteroatoms. The molecule has 1 unspecified atom stereocenters. The highest BCUT2D eigenvalue weighted by Gasteiger charge is 2.21. The zero-order chi connectivity index (χ0) is 12.3. The highest BCUT2D eigenvalue weighted by atomic mass is 32.2. The van der Waals surface area contributed by atoms with Gasteiger partial charge in [0.05, 0.1) is 11.8 Å². The maximum Gasteiger partial charge on any atom is 0.433 e. The molecule has 2 rings (SSSR count). The van der Waals surface area contributed by atoms with Crippen LogP contribution in [0, 0.1) is 10.1 Å². The Labute approximate surface area is 99.5 Å². The molecule has 17 heavy (non-hydrogen) atoms. The van der Waals surface area contributed by atoms with Crippen LogP contribution in [0.1, 0.15) is 5.76 Å². The Balaban J connectivity index is 1.99. The van der Waals surface area contributed by atoms with Gasteiger partial charge in [-0.1, -0.05) is 11.8 Å². The monoisotopic (exact) mass is 256 g/mol. The van der Waals surface area contributed by atoms with Gasteiger partial charge >= 0.3 is 5.88 Å². The van der Waals surface area contributed by atoms with Crippen LogP contribution in [0.25, 0.3) is 5.70 Å². The Bertz CT molecular complexity index is 472. The van der Waals surface area contributed by atoms with E-state index < -0.39 is 4.92 Å². The van der Waals surface area contributed by atoms with Crippen LogP contribution in [0.15, 0.2) is 22.0 Å². The van der Waals surface area contributed by atoms with Crippen molar-refractivity contribution in [1.82, 2.24) is 16.2 Å². The fraction of sp³-hybridized carbons (Fsp3) is 0.125. The van der Waals surface area contributed by atoms with Crippen molar-refractivity contribution in [2.75, 3.05) is 0 Å². The summed E-state index contributed by atoms with van der Waals surface area (Å²) >= 11 is 1.37. The average molecular weight is 256 g/mol. The highest BCUT2D eigenvalue weighted by molar-refractivity contribution is 8.03. The van der Waals surface area contributed by atoms with Crippen LogP contribution in [0.4, 0.5) is 5.88 Å². The minimum Gasteiger partial charge on any atom is -0.399 e. The third-order valence-corrected chi connectivity index (χ3v) is 2.80. The zero-order valence-corrected chi connectivity index (χ0v) is 9.19. The highest BCUT2D eigenvalue weighted by Crippen LogP contribution is 2.28. The van der Waals surface area contributed by atoms with Gasteiger partial charge in [0, 0.05) is 5.41 Å². The van der Waals surface area contributed by atoms with Crippen molar-refractivity contribution in [3.8, 4) is 0 Å². The third-order valence-electron chi connectivity index (χ3n) is 1.92. The molecule has 0 saturated carbocycles. The molecule has 0 saturated heterocycles. The first kappa shape index (κ1) is 11.5. The molecule has 8 nitrogen and oxygen atoms in total. The van der Waals surface area contributed by atoms with E-state index in [1.807, 2.05) is 0 Å². The van der Waals surface area contributed by atoms with Gasteiger partial charge in [0.25, 0.3) is 0 Å². The lowest BCUT2D eigenvalue weighted by Gasteiger charge is -2.12. The van der Waals surface area contributed by atoms with E-state index in [0.29, 0.717) is 17.9 Å². The number of thioether (sulfide) groups is 1. The predicted octanol–water partition coefficient (Wildman–Crippen LogP) is 0.357. The number of nitrogens with one attached hydrogen (secondary N) is 3. The number of hydrazine groups is 1. The topological polar surface area (TPSA) is 109 Å². The van der Waals surface area contributed by atoms with Gasteiger partial charge < -0.3 is 9.73 Å². The lowest BCUT2D eigenvalue weighted by atomic mass is 10.4. The van der Waals surface area contributed by atoms with E-state index in [-0.39, 0.29) is 11.4 Å². The van der Waals surface area contributed by atoms with E-state index in [9.17, 15) is 14.9 Å². The third kappa shape index (κ3) is 2.57. The van der Waals surface area contributed by atoms with Crippen molar-refractivity contribution in [1.29, 1.82) is 0 Å². The summed E-state index contributed by atoms with van der Waals surface area (Å²) in [7, 11) is 0. The van der Waals surface area contributed by atoms with Crippen LogP contribution in [-0.2, 0) is 4.79 Å². The summed E-state index contributed by atoms with van der Waals surface area (Å²) in [6.45, 7) is 0. The Hall–Kier alpha value is -2.00. The number of rotatable bonds is 5. The summed E-state index contributed by atoms with van der Waals surface area (Å²) in [6.07, 6.45) is 0.512. The normalized spacial score (nSPS) is 18.4. The van der Waals surface area contributed by atoms with Crippen molar-refractivity contribution in [2.45, 2.75) is 5.50 Å². The van der Waals surface area contributed by atoms with Crippen molar-refractivity contribution in [3.05, 3.63) is 33.4 Å². The Morgan fingerprint density at radius 2 is 2.41 bits per heavy atom. The molecule has 1 aliphatic heterocycles. The summed E-state index contributed by atoms with van der Waals surface area (Å²) in [4.78, 5) is 19.9. The fourth-order valence-electron chi connectivity index (χ4n) is 1.22. The second-order valence-electron chi connectivity index (χ2n) is 2.99. The van der Waals surface area contributed by atoms with E-state index in [1.165, 1.54) is 23.9 Å². The molecule has 0 aliphatic carbocycles. The van der Waals surface area contributed by atoms with E-state index in [0.717, 1.165) is 0 Å². The summed E-state index contributed by atoms with van der Waals surface area (Å²) in [5.74, 6) is 0.0646. The van der Waals surface area contributed by atoms with Gasteiger partial charge in [-0.25, -0.2) is 5.43 Å². The molecule has 1 aliphatic rings. The lowest BCUT2D eigenvalue weighted by molar-refractivity contribution is -0.402. The quantitative estimate of drug-likeness (QED) is 0.396. The molecule has 3 N–H and O–H groups in total. The van der Waals surface area contributed by atoms with Crippen LogP contribution in [-0.4, -0.2) is 16.8 Å². The molecule has 1 atom stereocenters. The molecule has 1 amide bonds. The van der Waals surface area contributed by atoms with Crippen LogP contribution in [0.5, 0.6) is 0 Å². The zero-order valence-electron chi connectivity index (χ0n) is 8.38. The average Bonchev–Trinajstić information content (AvgIpc) is 2.94. The summed E-state index contributed by atoms with van der Waals surface area (Å²) in [5, 5.41) is 15.2. The molecule has 1 aromatic heterocycles. The van der Waals surface area contributed by atoms with Gasteiger partial charge in [0.15, 0.2) is 5.76 Å². The minimum atomic E-state index is -0.601. The molecule has 90 valence electrons. The van der Waals surface area contributed by atoms with Crippen LogP contribution >= 0.6 is 11.8 Å². The Morgan fingerprint density at radius 3 is 3.06 bits per heavy atom. The molecular formula is C8H8N4O4S. The number of nitrogens with zero attached hydrogens (tertiary/aromatic N) is 1. The van der Waals surface area contributed by atoms with Gasteiger partial charge in [-0.15, -0.1) is 0 Å². The smallest absolute Gasteiger partial charge is 0.399 e. The molecule has 0 spiro atoms. The number of amides is 1. The van der Waals surface area contributed by atoms with Crippen molar-refractivity contribution < 1.29 is 14.1 Å². The fourth-order valence-corrected chi connectivity index (χ4v) is 2.01.